The van der Waals surface area contributed by atoms with Gasteiger partial charge in [0, 0.05) is 29.2 Å². The first-order chi connectivity index (χ1) is 12.4. The molecular formula is C16H15Cl3N6O. The highest BCUT2D eigenvalue weighted by Gasteiger charge is 2.09. The third-order valence-electron chi connectivity index (χ3n) is 3.59. The van der Waals surface area contributed by atoms with Gasteiger partial charge in [0.1, 0.15) is 6.33 Å². The molecule has 3 aromatic rings. The van der Waals surface area contributed by atoms with Crippen LogP contribution in [0.1, 0.15) is 17.7 Å². The van der Waals surface area contributed by atoms with E-state index in [0.29, 0.717) is 28.2 Å². The van der Waals surface area contributed by atoms with Crippen molar-refractivity contribution >= 4 is 46.7 Å². The van der Waals surface area contributed by atoms with Gasteiger partial charge < -0.3 is 0 Å². The number of anilines is 1. The van der Waals surface area contributed by atoms with Crippen molar-refractivity contribution in [2.45, 2.75) is 26.4 Å². The van der Waals surface area contributed by atoms with E-state index in [4.69, 9.17) is 34.8 Å². The van der Waals surface area contributed by atoms with Crippen LogP contribution in [0.15, 0.2) is 30.7 Å². The molecule has 0 bridgehead atoms. The fourth-order valence-electron chi connectivity index (χ4n) is 2.26. The summed E-state index contributed by atoms with van der Waals surface area (Å²) >= 11 is 18.0. The number of rotatable bonds is 6. The summed E-state index contributed by atoms with van der Waals surface area (Å²) < 4.78 is 3.22. The van der Waals surface area contributed by atoms with Crippen LogP contribution in [0.2, 0.25) is 15.1 Å². The number of hydrogen-bond donors (Lipinski definition) is 1. The van der Waals surface area contributed by atoms with Gasteiger partial charge in [0.05, 0.1) is 17.3 Å². The molecule has 10 heteroatoms. The van der Waals surface area contributed by atoms with Crippen molar-refractivity contribution in [1.82, 2.24) is 24.5 Å². The third kappa shape index (κ3) is 4.75. The minimum atomic E-state index is -0.212. The van der Waals surface area contributed by atoms with E-state index < -0.39 is 0 Å². The molecule has 0 saturated carbocycles. The van der Waals surface area contributed by atoms with Crippen molar-refractivity contribution in [1.29, 1.82) is 0 Å². The lowest BCUT2D eigenvalue weighted by Crippen LogP contribution is -2.16. The second-order valence-electron chi connectivity index (χ2n) is 5.63. The molecule has 0 radical (unpaired) electrons. The predicted molar refractivity (Wildman–Crippen MR) is 101 cm³/mol. The van der Waals surface area contributed by atoms with E-state index >= 15 is 0 Å². The summed E-state index contributed by atoms with van der Waals surface area (Å²) in [6, 6.07) is 5.24. The Morgan fingerprint density at radius 1 is 1.15 bits per heavy atom. The maximum absolute atomic E-state index is 12.0. The van der Waals surface area contributed by atoms with Crippen LogP contribution in [0.5, 0.6) is 0 Å². The molecule has 0 spiro atoms. The first-order valence-corrected chi connectivity index (χ1v) is 8.87. The van der Waals surface area contributed by atoms with Crippen molar-refractivity contribution in [2.75, 3.05) is 5.32 Å². The Morgan fingerprint density at radius 2 is 1.96 bits per heavy atom. The lowest BCUT2D eigenvalue weighted by Gasteiger charge is -2.04. The standard InChI is InChI=1S/C16H15Cl3N6O/c1-10-14(19)8-24(22-10)5-4-15(26)21-16-20-9-25(23-16)7-11-2-3-12(17)6-13(11)18/h2-3,6,8-9H,4-5,7H2,1H3,(H,21,23,26). The summed E-state index contributed by atoms with van der Waals surface area (Å²) in [4.78, 5) is 16.1. The Kier molecular flexibility index (Phi) is 5.80. The first kappa shape index (κ1) is 18.7. The van der Waals surface area contributed by atoms with E-state index in [1.54, 1.807) is 27.7 Å². The topological polar surface area (TPSA) is 77.6 Å². The highest BCUT2D eigenvalue weighted by atomic mass is 35.5. The zero-order chi connectivity index (χ0) is 18.7. The van der Waals surface area contributed by atoms with Crippen LogP contribution in [-0.4, -0.2) is 30.5 Å². The van der Waals surface area contributed by atoms with Gasteiger partial charge in [-0.3, -0.25) is 14.8 Å². The number of hydrogen-bond acceptors (Lipinski definition) is 4. The van der Waals surface area contributed by atoms with Gasteiger partial charge in [0.25, 0.3) is 0 Å². The van der Waals surface area contributed by atoms with Crippen molar-refractivity contribution < 1.29 is 4.79 Å². The minimum absolute atomic E-state index is 0.212. The Bertz CT molecular complexity index is 916. The van der Waals surface area contributed by atoms with Gasteiger partial charge in [0.15, 0.2) is 0 Å². The largest absolute Gasteiger partial charge is 0.293 e. The van der Waals surface area contributed by atoms with Gasteiger partial charge in [-0.15, -0.1) is 5.10 Å². The van der Waals surface area contributed by atoms with Gasteiger partial charge in [0.2, 0.25) is 11.9 Å². The monoisotopic (exact) mass is 412 g/mol. The summed E-state index contributed by atoms with van der Waals surface area (Å²) in [6.07, 6.45) is 3.44. The van der Waals surface area contributed by atoms with Crippen molar-refractivity contribution in [3.63, 3.8) is 0 Å². The van der Waals surface area contributed by atoms with Gasteiger partial charge in [-0.25, -0.2) is 9.67 Å². The summed E-state index contributed by atoms with van der Waals surface area (Å²) in [5.41, 5.74) is 1.58. The number of amides is 1. The maximum Gasteiger partial charge on any atom is 0.248 e. The number of aryl methyl sites for hydroxylation is 2. The fraction of sp³-hybridized carbons (Fsp3) is 0.250. The van der Waals surface area contributed by atoms with E-state index in [0.717, 1.165) is 11.3 Å². The number of aromatic nitrogens is 5. The lowest BCUT2D eigenvalue weighted by molar-refractivity contribution is -0.116. The number of nitrogens with zero attached hydrogens (tertiary/aromatic N) is 5. The molecule has 3 rings (SSSR count). The molecule has 26 heavy (non-hydrogen) atoms. The molecule has 136 valence electrons. The number of nitrogens with one attached hydrogen (secondary N) is 1. The van der Waals surface area contributed by atoms with Crippen LogP contribution in [0, 0.1) is 6.92 Å². The normalized spacial score (nSPS) is 10.9. The molecular weight excluding hydrogens is 399 g/mol. The number of benzene rings is 1. The van der Waals surface area contributed by atoms with Gasteiger partial charge >= 0.3 is 0 Å². The van der Waals surface area contributed by atoms with Crippen molar-refractivity contribution in [2.24, 2.45) is 0 Å². The second kappa shape index (κ2) is 8.07. The maximum atomic E-state index is 12.0. The van der Waals surface area contributed by atoms with Crippen LogP contribution < -0.4 is 5.32 Å². The summed E-state index contributed by atoms with van der Waals surface area (Å²) in [7, 11) is 0. The molecule has 2 heterocycles. The molecule has 2 aromatic heterocycles. The highest BCUT2D eigenvalue weighted by molar-refractivity contribution is 6.35. The second-order valence-corrected chi connectivity index (χ2v) is 6.88. The van der Waals surface area contributed by atoms with E-state index in [2.05, 4.69) is 20.5 Å². The average molecular weight is 414 g/mol. The quantitative estimate of drug-likeness (QED) is 0.666. The molecule has 0 unspecified atom stereocenters. The minimum Gasteiger partial charge on any atom is -0.293 e. The molecule has 1 N–H and O–H groups in total. The average Bonchev–Trinajstić information content (AvgIpc) is 3.15. The lowest BCUT2D eigenvalue weighted by atomic mass is 10.2. The zero-order valence-corrected chi connectivity index (χ0v) is 16.1. The molecule has 1 aromatic carbocycles. The van der Waals surface area contributed by atoms with Gasteiger partial charge in [-0.05, 0) is 24.6 Å². The number of carbonyl (C=O) groups is 1. The Morgan fingerprint density at radius 3 is 2.65 bits per heavy atom. The molecule has 0 saturated heterocycles. The van der Waals surface area contributed by atoms with Gasteiger partial charge in [-0.1, -0.05) is 40.9 Å². The van der Waals surface area contributed by atoms with Crippen LogP contribution >= 0.6 is 34.8 Å². The summed E-state index contributed by atoms with van der Waals surface area (Å²) in [6.45, 7) is 2.65. The first-order valence-electron chi connectivity index (χ1n) is 7.73. The van der Waals surface area contributed by atoms with Crippen LogP contribution in [0.3, 0.4) is 0 Å². The molecule has 1 amide bonds. The van der Waals surface area contributed by atoms with E-state index in [1.165, 1.54) is 6.33 Å². The highest BCUT2D eigenvalue weighted by Crippen LogP contribution is 2.21. The van der Waals surface area contributed by atoms with Gasteiger partial charge in [-0.2, -0.15) is 5.10 Å². The van der Waals surface area contributed by atoms with Crippen LogP contribution in [0.25, 0.3) is 0 Å². The van der Waals surface area contributed by atoms with E-state index in [1.807, 2.05) is 13.0 Å². The molecule has 0 atom stereocenters. The number of halogens is 3. The Balaban J connectivity index is 1.55. The molecule has 0 aliphatic heterocycles. The Labute approximate surface area is 164 Å². The summed E-state index contributed by atoms with van der Waals surface area (Å²) in [5, 5.41) is 12.8. The SMILES string of the molecule is Cc1nn(CCC(=O)Nc2ncn(Cc3ccc(Cl)cc3Cl)n2)cc1Cl. The van der Waals surface area contributed by atoms with E-state index in [9.17, 15) is 4.79 Å². The van der Waals surface area contributed by atoms with Crippen LogP contribution in [0.4, 0.5) is 5.95 Å². The fourth-order valence-corrected chi connectivity index (χ4v) is 2.88. The molecule has 0 fully saturated rings. The molecule has 0 aliphatic carbocycles. The van der Waals surface area contributed by atoms with Crippen LogP contribution in [-0.2, 0) is 17.9 Å². The van der Waals surface area contributed by atoms with E-state index in [-0.39, 0.29) is 18.3 Å². The Hall–Kier alpha value is -2.09. The van der Waals surface area contributed by atoms with Crippen molar-refractivity contribution in [3.05, 3.63) is 57.0 Å². The van der Waals surface area contributed by atoms with Crippen molar-refractivity contribution in [3.8, 4) is 0 Å². The third-order valence-corrected chi connectivity index (χ3v) is 4.55. The molecule has 0 aliphatic rings. The zero-order valence-electron chi connectivity index (χ0n) is 13.8. The number of carbonyl (C=O) groups excluding carboxylic acids is 1. The predicted octanol–water partition coefficient (Wildman–Crippen LogP) is 3.82. The summed E-state index contributed by atoms with van der Waals surface area (Å²) in [5.74, 6) is 0.0197. The molecule has 7 nitrogen and oxygen atoms in total. The smallest absolute Gasteiger partial charge is 0.248 e.